The molecule has 45 heavy (non-hydrogen) atoms. The number of carboxylic acids is 1. The van der Waals surface area contributed by atoms with Gasteiger partial charge in [-0.05, 0) is 37.3 Å². The molecule has 250 valence electrons. The first-order valence-corrected chi connectivity index (χ1v) is 17.1. The summed E-state index contributed by atoms with van der Waals surface area (Å²) in [5, 5.41) is 13.0. The average Bonchev–Trinajstić information content (AvgIpc) is 3.00. The van der Waals surface area contributed by atoms with Crippen LogP contribution in [0.15, 0.2) is 36.4 Å². The van der Waals surface area contributed by atoms with Gasteiger partial charge in [-0.1, -0.05) is 116 Å². The maximum atomic E-state index is 14.1. The molecule has 0 unspecified atom stereocenters. The van der Waals surface area contributed by atoms with E-state index >= 15 is 0 Å². The number of hydrogen-bond acceptors (Lipinski definition) is 5. The van der Waals surface area contributed by atoms with Crippen LogP contribution in [0, 0.1) is 5.92 Å². The van der Waals surface area contributed by atoms with Gasteiger partial charge in [-0.25, -0.2) is 4.98 Å². The molecule has 0 aliphatic rings. The fourth-order valence-electron chi connectivity index (χ4n) is 5.80. The lowest BCUT2D eigenvalue weighted by atomic mass is 9.98. The summed E-state index contributed by atoms with van der Waals surface area (Å²) in [6, 6.07) is 9.52. The number of carbonyl (C=O) groups excluding carboxylic acids is 3. The van der Waals surface area contributed by atoms with Crippen LogP contribution in [0.5, 0.6) is 0 Å². The largest absolute Gasteiger partial charge is 0.481 e. The van der Waals surface area contributed by atoms with Gasteiger partial charge in [0.25, 0.3) is 5.91 Å². The number of nitrogens with one attached hydrogen (secondary N) is 1. The zero-order valence-electron chi connectivity index (χ0n) is 27.8. The van der Waals surface area contributed by atoms with Crippen LogP contribution in [0.25, 0.3) is 10.9 Å². The molecule has 1 heterocycles. The number of nitrogens with two attached hydrogens (primary N) is 1. The summed E-state index contributed by atoms with van der Waals surface area (Å²) in [5.41, 5.74) is 6.50. The van der Waals surface area contributed by atoms with Crippen LogP contribution in [0.3, 0.4) is 0 Å². The summed E-state index contributed by atoms with van der Waals surface area (Å²) in [5.74, 6) is -2.16. The molecule has 0 spiro atoms. The molecule has 0 radical (unpaired) electrons. The number of carbonyl (C=O) groups is 4. The van der Waals surface area contributed by atoms with E-state index in [1.807, 2.05) is 38.1 Å². The molecule has 2 aromatic rings. The minimum atomic E-state index is -0.967. The summed E-state index contributed by atoms with van der Waals surface area (Å²) < 4.78 is 0. The number of carboxylic acid groups (broad SMARTS) is 1. The third-order valence-corrected chi connectivity index (χ3v) is 8.18. The van der Waals surface area contributed by atoms with Crippen molar-refractivity contribution in [3.63, 3.8) is 0 Å². The number of unbranched alkanes of at least 4 members (excludes halogenated alkanes) is 10. The number of amides is 3. The number of aliphatic carboxylic acids is 1. The third kappa shape index (κ3) is 14.9. The number of para-hydroxylation sites is 1. The Balaban J connectivity index is 2.11. The Morgan fingerprint density at radius 2 is 1.47 bits per heavy atom. The SMILES string of the molecule is CCCCCCCCCCCCC[C@@H](CC(N)=O)N(CC(C)C)C(=O)[C@H](CCCC(=O)O)NC(=O)c1ccc2ccccc2n1. The van der Waals surface area contributed by atoms with Crippen molar-refractivity contribution in [2.45, 2.75) is 136 Å². The van der Waals surface area contributed by atoms with Crippen LogP contribution >= 0.6 is 0 Å². The van der Waals surface area contributed by atoms with E-state index in [0.717, 1.165) is 24.6 Å². The van der Waals surface area contributed by atoms with E-state index in [4.69, 9.17) is 5.73 Å². The number of pyridine rings is 1. The molecule has 4 N–H and O–H groups in total. The van der Waals surface area contributed by atoms with Crippen molar-refractivity contribution in [2.75, 3.05) is 6.54 Å². The molecular formula is C36H56N4O5. The van der Waals surface area contributed by atoms with Gasteiger partial charge in [-0.15, -0.1) is 0 Å². The summed E-state index contributed by atoms with van der Waals surface area (Å²) in [7, 11) is 0. The van der Waals surface area contributed by atoms with E-state index in [-0.39, 0.29) is 43.2 Å². The minimum absolute atomic E-state index is 0.0399. The first kappa shape index (κ1) is 37.7. The number of hydrogen-bond donors (Lipinski definition) is 3. The summed E-state index contributed by atoms with van der Waals surface area (Å²) >= 11 is 0. The molecule has 9 heteroatoms. The Bertz CT molecular complexity index is 1200. The molecule has 0 saturated heterocycles. The van der Waals surface area contributed by atoms with Crippen LogP contribution in [0.1, 0.15) is 134 Å². The molecule has 2 rings (SSSR count). The molecule has 3 amide bonds. The Morgan fingerprint density at radius 3 is 2.07 bits per heavy atom. The number of primary amides is 1. The van der Waals surface area contributed by atoms with E-state index in [2.05, 4.69) is 17.2 Å². The lowest BCUT2D eigenvalue weighted by Gasteiger charge is -2.35. The van der Waals surface area contributed by atoms with Crippen molar-refractivity contribution < 1.29 is 24.3 Å². The highest BCUT2D eigenvalue weighted by Gasteiger charge is 2.32. The van der Waals surface area contributed by atoms with Gasteiger partial charge in [0, 0.05) is 30.8 Å². The van der Waals surface area contributed by atoms with Crippen molar-refractivity contribution in [1.29, 1.82) is 0 Å². The standard InChI is InChI=1S/C36H56N4O5/c1-4-5-6-7-8-9-10-11-12-13-14-19-29(25-33(37)41)40(26-27(2)3)36(45)32(21-17-22-34(42)43)39-35(44)31-24-23-28-18-15-16-20-30(28)38-31/h15-16,18,20,23-24,27,29,32H,4-14,17,19,21-22,25-26H2,1-3H3,(H2,37,41)(H,39,44)(H,42,43)/t29-,32-/m0/s1. The van der Waals surface area contributed by atoms with Gasteiger partial charge in [0.15, 0.2) is 0 Å². The normalized spacial score (nSPS) is 12.6. The van der Waals surface area contributed by atoms with Crippen LogP contribution in [-0.4, -0.2) is 57.3 Å². The minimum Gasteiger partial charge on any atom is -0.481 e. The zero-order chi connectivity index (χ0) is 33.0. The first-order valence-electron chi connectivity index (χ1n) is 17.1. The van der Waals surface area contributed by atoms with Gasteiger partial charge >= 0.3 is 5.97 Å². The Morgan fingerprint density at radius 1 is 0.844 bits per heavy atom. The molecule has 9 nitrogen and oxygen atoms in total. The topological polar surface area (TPSA) is 143 Å². The maximum absolute atomic E-state index is 14.1. The van der Waals surface area contributed by atoms with Crippen molar-refractivity contribution in [3.8, 4) is 0 Å². The van der Waals surface area contributed by atoms with Gasteiger partial charge in [-0.3, -0.25) is 19.2 Å². The van der Waals surface area contributed by atoms with Gasteiger partial charge in [-0.2, -0.15) is 0 Å². The Hall–Kier alpha value is -3.49. The summed E-state index contributed by atoms with van der Waals surface area (Å²) in [4.78, 5) is 57.1. The molecular weight excluding hydrogens is 568 g/mol. The number of benzene rings is 1. The van der Waals surface area contributed by atoms with Crippen LogP contribution in [0.2, 0.25) is 0 Å². The molecule has 1 aromatic carbocycles. The summed E-state index contributed by atoms with van der Waals surface area (Å²) in [6.07, 6.45) is 14.1. The molecule has 0 fully saturated rings. The van der Waals surface area contributed by atoms with E-state index in [1.165, 1.54) is 51.4 Å². The molecule has 2 atom stereocenters. The second kappa shape index (κ2) is 21.3. The smallest absolute Gasteiger partial charge is 0.303 e. The Kier molecular flexibility index (Phi) is 17.8. The van der Waals surface area contributed by atoms with Crippen molar-refractivity contribution in [2.24, 2.45) is 11.7 Å². The van der Waals surface area contributed by atoms with Gasteiger partial charge < -0.3 is 21.1 Å². The van der Waals surface area contributed by atoms with Gasteiger partial charge in [0.05, 0.1) is 5.52 Å². The zero-order valence-corrected chi connectivity index (χ0v) is 27.8. The second-order valence-electron chi connectivity index (χ2n) is 12.7. The highest BCUT2D eigenvalue weighted by atomic mass is 16.4. The number of rotatable bonds is 24. The summed E-state index contributed by atoms with van der Waals surface area (Å²) in [6.45, 7) is 6.63. The van der Waals surface area contributed by atoms with Crippen LogP contribution in [-0.2, 0) is 14.4 Å². The molecule has 0 aliphatic carbocycles. The number of nitrogens with zero attached hydrogens (tertiary/aromatic N) is 2. The monoisotopic (exact) mass is 624 g/mol. The highest BCUT2D eigenvalue weighted by molar-refractivity contribution is 5.98. The Labute approximate surface area is 269 Å². The fourth-order valence-corrected chi connectivity index (χ4v) is 5.80. The van der Waals surface area contributed by atoms with Crippen LogP contribution < -0.4 is 11.1 Å². The van der Waals surface area contributed by atoms with E-state index in [1.54, 1.807) is 17.0 Å². The number of aromatic nitrogens is 1. The van der Waals surface area contributed by atoms with E-state index < -0.39 is 29.9 Å². The quantitative estimate of drug-likeness (QED) is 0.107. The maximum Gasteiger partial charge on any atom is 0.303 e. The van der Waals surface area contributed by atoms with Gasteiger partial charge in [0.1, 0.15) is 11.7 Å². The van der Waals surface area contributed by atoms with Crippen molar-refractivity contribution in [3.05, 3.63) is 42.1 Å². The van der Waals surface area contributed by atoms with E-state index in [9.17, 15) is 24.3 Å². The predicted molar refractivity (Wildman–Crippen MR) is 180 cm³/mol. The molecule has 0 bridgehead atoms. The fraction of sp³-hybridized carbons (Fsp3) is 0.639. The second-order valence-corrected chi connectivity index (χ2v) is 12.7. The van der Waals surface area contributed by atoms with Crippen LogP contribution in [0.4, 0.5) is 0 Å². The third-order valence-electron chi connectivity index (χ3n) is 8.18. The average molecular weight is 625 g/mol. The first-order chi connectivity index (χ1) is 21.6. The predicted octanol–water partition coefficient (Wildman–Crippen LogP) is 7.02. The molecule has 1 aromatic heterocycles. The molecule has 0 aliphatic heterocycles. The van der Waals surface area contributed by atoms with E-state index in [0.29, 0.717) is 18.5 Å². The lowest BCUT2D eigenvalue weighted by molar-refractivity contribution is -0.139. The van der Waals surface area contributed by atoms with Crippen molar-refractivity contribution >= 4 is 34.6 Å². The lowest BCUT2D eigenvalue weighted by Crippen LogP contribution is -2.53. The van der Waals surface area contributed by atoms with Crippen molar-refractivity contribution in [1.82, 2.24) is 15.2 Å². The highest BCUT2D eigenvalue weighted by Crippen LogP contribution is 2.20. The van der Waals surface area contributed by atoms with Gasteiger partial charge in [0.2, 0.25) is 11.8 Å². The number of fused-ring (bicyclic) bond motifs is 1. The molecule has 0 saturated carbocycles.